The van der Waals surface area contributed by atoms with Gasteiger partial charge in [0.15, 0.2) is 0 Å². The van der Waals surface area contributed by atoms with E-state index in [1.54, 1.807) is 0 Å². The van der Waals surface area contributed by atoms with Gasteiger partial charge >= 0.3 is 11.9 Å². The van der Waals surface area contributed by atoms with Crippen molar-refractivity contribution >= 4 is 17.8 Å². The maximum atomic E-state index is 11.3. The summed E-state index contributed by atoms with van der Waals surface area (Å²) in [4.78, 5) is 33.9. The van der Waals surface area contributed by atoms with Crippen molar-refractivity contribution in [2.24, 2.45) is 0 Å². The number of hydrogen-bond acceptors (Lipinski definition) is 4. The maximum absolute atomic E-state index is 11.3. The summed E-state index contributed by atoms with van der Waals surface area (Å²) in [5.74, 6) is -2.81. The molecule has 0 saturated carbocycles. The molecule has 0 aromatic carbocycles. The largest absolute Gasteiger partial charge is 0.478 e. The number of carboxylic acids is 2. The number of ether oxygens (including phenoxy) is 1. The molecule has 0 aliphatic carbocycles. The number of morpholine rings is 1. The maximum Gasteiger partial charge on any atom is 0.331 e. The lowest BCUT2D eigenvalue weighted by molar-refractivity contribution is -0.143. The van der Waals surface area contributed by atoms with Crippen LogP contribution in [0.25, 0.3) is 0 Å². The molecule has 1 saturated heterocycles. The molecular weight excluding hydrogens is 230 g/mol. The Hall–Kier alpha value is -1.89. The number of rotatable bonds is 5. The lowest BCUT2D eigenvalue weighted by atomic mass is 10.1. The standard InChI is InChI=1S/C10H13NO6/c12-8-6-17-4-3-11(8)2-1-7(10(15)16)5-9(13)14/h5H,1-4,6H2,(H,13,14)(H,15,16). The third-order valence-electron chi connectivity index (χ3n) is 2.31. The Morgan fingerprint density at radius 2 is 2.12 bits per heavy atom. The van der Waals surface area contributed by atoms with Crippen molar-refractivity contribution in [3.8, 4) is 0 Å². The first kappa shape index (κ1) is 13.2. The lowest BCUT2D eigenvalue weighted by Crippen LogP contribution is -2.42. The van der Waals surface area contributed by atoms with Gasteiger partial charge in [0, 0.05) is 24.7 Å². The fourth-order valence-corrected chi connectivity index (χ4v) is 1.43. The van der Waals surface area contributed by atoms with Gasteiger partial charge in [-0.25, -0.2) is 9.59 Å². The first-order valence-electron chi connectivity index (χ1n) is 5.03. The van der Waals surface area contributed by atoms with E-state index in [9.17, 15) is 14.4 Å². The Balaban J connectivity index is 2.54. The molecule has 0 aromatic heterocycles. The molecule has 1 aliphatic heterocycles. The number of carboxylic acid groups (broad SMARTS) is 2. The number of carbonyl (C=O) groups excluding carboxylic acids is 1. The van der Waals surface area contributed by atoms with Crippen LogP contribution in [0.2, 0.25) is 0 Å². The molecule has 1 amide bonds. The average Bonchev–Trinajstić information content (AvgIpc) is 2.25. The predicted molar refractivity (Wildman–Crippen MR) is 55.4 cm³/mol. The van der Waals surface area contributed by atoms with Crippen molar-refractivity contribution in [1.29, 1.82) is 0 Å². The van der Waals surface area contributed by atoms with E-state index in [-0.39, 0.29) is 31.1 Å². The molecule has 2 N–H and O–H groups in total. The summed E-state index contributed by atoms with van der Waals surface area (Å²) in [6.07, 6.45) is 0.653. The van der Waals surface area contributed by atoms with E-state index in [0.717, 1.165) is 0 Å². The number of nitrogens with zero attached hydrogens (tertiary/aromatic N) is 1. The molecule has 0 unspecified atom stereocenters. The minimum Gasteiger partial charge on any atom is -0.478 e. The van der Waals surface area contributed by atoms with Crippen molar-refractivity contribution < 1.29 is 29.3 Å². The molecule has 1 fully saturated rings. The fraction of sp³-hybridized carbons (Fsp3) is 0.500. The zero-order chi connectivity index (χ0) is 12.8. The second kappa shape index (κ2) is 6.00. The summed E-state index contributed by atoms with van der Waals surface area (Å²) in [5, 5.41) is 17.2. The van der Waals surface area contributed by atoms with Gasteiger partial charge in [-0.05, 0) is 6.42 Å². The van der Waals surface area contributed by atoms with E-state index < -0.39 is 11.9 Å². The van der Waals surface area contributed by atoms with Crippen LogP contribution in [0.15, 0.2) is 11.6 Å². The van der Waals surface area contributed by atoms with Crippen LogP contribution >= 0.6 is 0 Å². The van der Waals surface area contributed by atoms with Gasteiger partial charge in [0.05, 0.1) is 6.61 Å². The van der Waals surface area contributed by atoms with Crippen LogP contribution in [0, 0.1) is 0 Å². The highest BCUT2D eigenvalue weighted by Gasteiger charge is 2.19. The summed E-state index contributed by atoms with van der Waals surface area (Å²) < 4.78 is 4.91. The van der Waals surface area contributed by atoms with Gasteiger partial charge in [0.2, 0.25) is 5.91 Å². The fourth-order valence-electron chi connectivity index (χ4n) is 1.43. The van der Waals surface area contributed by atoms with Gasteiger partial charge in [-0.15, -0.1) is 0 Å². The van der Waals surface area contributed by atoms with Gasteiger partial charge in [0.1, 0.15) is 6.61 Å². The molecule has 17 heavy (non-hydrogen) atoms. The molecular formula is C10H13NO6. The van der Waals surface area contributed by atoms with Crippen LogP contribution in [0.3, 0.4) is 0 Å². The Kier molecular flexibility index (Phi) is 4.65. The molecule has 1 aliphatic rings. The molecule has 0 atom stereocenters. The van der Waals surface area contributed by atoms with E-state index in [1.165, 1.54) is 4.90 Å². The first-order chi connectivity index (χ1) is 8.00. The minimum atomic E-state index is -1.31. The molecule has 0 aromatic rings. The quantitative estimate of drug-likeness (QED) is 0.620. The predicted octanol–water partition coefficient (Wildman–Crippen LogP) is -0.669. The zero-order valence-corrected chi connectivity index (χ0v) is 9.09. The number of aliphatic carboxylic acids is 2. The normalized spacial score (nSPS) is 17.1. The molecule has 7 nitrogen and oxygen atoms in total. The van der Waals surface area contributed by atoms with E-state index in [2.05, 4.69) is 0 Å². The molecule has 94 valence electrons. The van der Waals surface area contributed by atoms with Gasteiger partial charge in [-0.3, -0.25) is 4.79 Å². The molecule has 7 heteroatoms. The van der Waals surface area contributed by atoms with Crippen LogP contribution in [0.1, 0.15) is 6.42 Å². The summed E-state index contributed by atoms with van der Waals surface area (Å²) in [5.41, 5.74) is -0.225. The second-order valence-electron chi connectivity index (χ2n) is 3.50. The topological polar surface area (TPSA) is 104 Å². The SMILES string of the molecule is O=C(O)C=C(CCN1CCOCC1=O)C(=O)O. The average molecular weight is 243 g/mol. The van der Waals surface area contributed by atoms with E-state index >= 15 is 0 Å². The van der Waals surface area contributed by atoms with Crippen molar-refractivity contribution in [3.63, 3.8) is 0 Å². The van der Waals surface area contributed by atoms with Crippen LogP contribution < -0.4 is 0 Å². The van der Waals surface area contributed by atoms with Crippen molar-refractivity contribution in [3.05, 3.63) is 11.6 Å². The van der Waals surface area contributed by atoms with Crippen molar-refractivity contribution in [2.45, 2.75) is 6.42 Å². The van der Waals surface area contributed by atoms with Gasteiger partial charge in [-0.1, -0.05) is 0 Å². The van der Waals surface area contributed by atoms with Gasteiger partial charge in [-0.2, -0.15) is 0 Å². The molecule has 0 bridgehead atoms. The first-order valence-corrected chi connectivity index (χ1v) is 5.03. The van der Waals surface area contributed by atoms with Crippen LogP contribution in [-0.2, 0) is 19.1 Å². The monoisotopic (exact) mass is 243 g/mol. The Morgan fingerprint density at radius 1 is 1.41 bits per heavy atom. The summed E-state index contributed by atoms with van der Waals surface area (Å²) in [6.45, 7) is 0.994. The zero-order valence-electron chi connectivity index (χ0n) is 9.09. The molecule has 1 rings (SSSR count). The number of amides is 1. The Labute approximate surface area is 97.3 Å². The smallest absolute Gasteiger partial charge is 0.331 e. The van der Waals surface area contributed by atoms with Crippen LogP contribution in [0.4, 0.5) is 0 Å². The summed E-state index contributed by atoms with van der Waals surface area (Å²) >= 11 is 0. The highest BCUT2D eigenvalue weighted by Crippen LogP contribution is 2.06. The second-order valence-corrected chi connectivity index (χ2v) is 3.50. The van der Waals surface area contributed by atoms with Crippen LogP contribution in [0.5, 0.6) is 0 Å². The number of carbonyl (C=O) groups is 3. The summed E-state index contributed by atoms with van der Waals surface area (Å²) in [7, 11) is 0. The minimum absolute atomic E-state index is 0.00731. The molecule has 1 heterocycles. The van der Waals surface area contributed by atoms with Crippen molar-refractivity contribution in [2.75, 3.05) is 26.3 Å². The molecule has 0 spiro atoms. The summed E-state index contributed by atoms with van der Waals surface area (Å²) in [6, 6.07) is 0. The number of hydrogen-bond donors (Lipinski definition) is 2. The highest BCUT2D eigenvalue weighted by molar-refractivity contribution is 5.94. The molecule has 0 radical (unpaired) electrons. The van der Waals surface area contributed by atoms with E-state index in [4.69, 9.17) is 14.9 Å². The third kappa shape index (κ3) is 4.23. The van der Waals surface area contributed by atoms with Crippen molar-refractivity contribution in [1.82, 2.24) is 4.90 Å². The van der Waals surface area contributed by atoms with E-state index in [0.29, 0.717) is 19.2 Å². The Morgan fingerprint density at radius 3 is 2.65 bits per heavy atom. The van der Waals surface area contributed by atoms with Gasteiger partial charge < -0.3 is 19.8 Å². The Bertz CT molecular complexity index is 362. The van der Waals surface area contributed by atoms with Crippen LogP contribution in [-0.4, -0.2) is 59.3 Å². The van der Waals surface area contributed by atoms with E-state index in [1.807, 2.05) is 0 Å². The van der Waals surface area contributed by atoms with Gasteiger partial charge in [0.25, 0.3) is 0 Å². The highest BCUT2D eigenvalue weighted by atomic mass is 16.5. The lowest BCUT2D eigenvalue weighted by Gasteiger charge is -2.26. The third-order valence-corrected chi connectivity index (χ3v) is 2.31.